The summed E-state index contributed by atoms with van der Waals surface area (Å²) in [5.41, 5.74) is 1.70. The minimum absolute atomic E-state index is 0.0140. The van der Waals surface area contributed by atoms with E-state index in [1.54, 1.807) is 6.07 Å². The third-order valence-electron chi connectivity index (χ3n) is 3.50. The van der Waals surface area contributed by atoms with E-state index in [-0.39, 0.29) is 12.1 Å². The van der Waals surface area contributed by atoms with Crippen molar-refractivity contribution in [2.75, 3.05) is 6.61 Å². The van der Waals surface area contributed by atoms with Crippen LogP contribution in [0.3, 0.4) is 0 Å². The van der Waals surface area contributed by atoms with Crippen molar-refractivity contribution in [1.82, 2.24) is 4.72 Å². The van der Waals surface area contributed by atoms with Crippen LogP contribution in [0.1, 0.15) is 30.9 Å². The van der Waals surface area contributed by atoms with Gasteiger partial charge in [0.25, 0.3) is 0 Å². The number of aryl methyl sites for hydroxylation is 2. The van der Waals surface area contributed by atoms with Gasteiger partial charge in [-0.1, -0.05) is 12.1 Å². The topological polar surface area (TPSA) is 55.4 Å². The number of sulfonamides is 1. The maximum atomic E-state index is 12.4. The molecule has 2 unspecified atom stereocenters. The Labute approximate surface area is 115 Å². The minimum Gasteiger partial charge on any atom is -0.377 e. The van der Waals surface area contributed by atoms with Gasteiger partial charge in [0.1, 0.15) is 0 Å². The number of hydrogen-bond donors (Lipinski definition) is 1. The van der Waals surface area contributed by atoms with Crippen molar-refractivity contribution >= 4 is 10.0 Å². The van der Waals surface area contributed by atoms with Gasteiger partial charge in [0, 0.05) is 12.6 Å². The van der Waals surface area contributed by atoms with E-state index in [0.717, 1.165) is 30.6 Å². The quantitative estimate of drug-likeness (QED) is 0.921. The number of rotatable bonds is 4. The third-order valence-corrected chi connectivity index (χ3v) is 5.20. The van der Waals surface area contributed by atoms with E-state index < -0.39 is 10.0 Å². The molecule has 1 saturated heterocycles. The Morgan fingerprint density at radius 1 is 1.37 bits per heavy atom. The normalized spacial score (nSPS) is 21.5. The molecule has 0 radical (unpaired) electrons. The molecule has 1 aromatic carbocycles. The van der Waals surface area contributed by atoms with Crippen molar-refractivity contribution in [3.05, 3.63) is 29.3 Å². The Morgan fingerprint density at radius 2 is 2.11 bits per heavy atom. The van der Waals surface area contributed by atoms with Crippen LogP contribution in [0.4, 0.5) is 0 Å². The fourth-order valence-electron chi connectivity index (χ4n) is 2.38. The molecule has 1 aliphatic rings. The van der Waals surface area contributed by atoms with Gasteiger partial charge in [-0.2, -0.15) is 0 Å². The fraction of sp³-hybridized carbons (Fsp3) is 0.571. The highest BCUT2D eigenvalue weighted by Gasteiger charge is 2.27. The SMILES string of the molecule is Cc1ccc(C)c(S(=O)(=O)NC(C)C2CCCO2)c1. The van der Waals surface area contributed by atoms with E-state index in [1.165, 1.54) is 0 Å². The summed E-state index contributed by atoms with van der Waals surface area (Å²) in [6.07, 6.45) is 1.90. The first-order valence-corrected chi connectivity index (χ1v) is 8.09. The van der Waals surface area contributed by atoms with E-state index in [9.17, 15) is 8.42 Å². The molecule has 1 aliphatic heterocycles. The van der Waals surface area contributed by atoms with Gasteiger partial charge >= 0.3 is 0 Å². The Kier molecular flexibility index (Phi) is 4.28. The lowest BCUT2D eigenvalue weighted by Gasteiger charge is -2.20. The van der Waals surface area contributed by atoms with Crippen LogP contribution in [0, 0.1) is 13.8 Å². The lowest BCUT2D eigenvalue weighted by Crippen LogP contribution is -2.40. The highest BCUT2D eigenvalue weighted by Crippen LogP contribution is 2.20. The molecular formula is C14H21NO3S. The van der Waals surface area contributed by atoms with Crippen LogP contribution in [0.25, 0.3) is 0 Å². The second-order valence-corrected chi connectivity index (χ2v) is 6.91. The predicted octanol–water partition coefficient (Wildman–Crippen LogP) is 2.15. The third kappa shape index (κ3) is 3.35. The maximum absolute atomic E-state index is 12.4. The second-order valence-electron chi connectivity index (χ2n) is 5.23. The van der Waals surface area contributed by atoms with Crippen molar-refractivity contribution in [2.45, 2.75) is 50.7 Å². The molecule has 19 heavy (non-hydrogen) atoms. The van der Waals surface area contributed by atoms with Crippen molar-refractivity contribution < 1.29 is 13.2 Å². The molecule has 0 saturated carbocycles. The predicted molar refractivity (Wildman–Crippen MR) is 74.7 cm³/mol. The summed E-state index contributed by atoms with van der Waals surface area (Å²) in [7, 11) is -3.48. The van der Waals surface area contributed by atoms with Crippen LogP contribution in [0.2, 0.25) is 0 Å². The van der Waals surface area contributed by atoms with Gasteiger partial charge in [0.2, 0.25) is 10.0 Å². The molecule has 4 nitrogen and oxygen atoms in total. The molecule has 1 aromatic rings. The first-order chi connectivity index (χ1) is 8.90. The van der Waals surface area contributed by atoms with Crippen LogP contribution < -0.4 is 4.72 Å². The molecule has 0 aromatic heterocycles. The summed E-state index contributed by atoms with van der Waals surface area (Å²) < 4.78 is 33.1. The highest BCUT2D eigenvalue weighted by atomic mass is 32.2. The van der Waals surface area contributed by atoms with Crippen molar-refractivity contribution in [1.29, 1.82) is 0 Å². The average molecular weight is 283 g/mol. The van der Waals surface area contributed by atoms with E-state index in [0.29, 0.717) is 4.90 Å². The van der Waals surface area contributed by atoms with Gasteiger partial charge < -0.3 is 4.74 Å². The first kappa shape index (κ1) is 14.5. The minimum atomic E-state index is -3.48. The molecule has 1 N–H and O–H groups in total. The summed E-state index contributed by atoms with van der Waals surface area (Å²) >= 11 is 0. The average Bonchev–Trinajstić information content (AvgIpc) is 2.85. The van der Waals surface area contributed by atoms with Crippen LogP contribution in [0.5, 0.6) is 0 Å². The molecule has 0 spiro atoms. The number of benzene rings is 1. The number of nitrogens with one attached hydrogen (secondary N) is 1. The van der Waals surface area contributed by atoms with Gasteiger partial charge in [-0.15, -0.1) is 0 Å². The molecule has 0 bridgehead atoms. The highest BCUT2D eigenvalue weighted by molar-refractivity contribution is 7.89. The second kappa shape index (κ2) is 5.61. The molecule has 5 heteroatoms. The maximum Gasteiger partial charge on any atom is 0.241 e. The summed E-state index contributed by atoms with van der Waals surface area (Å²) in [6, 6.07) is 5.26. The Morgan fingerprint density at radius 3 is 2.74 bits per heavy atom. The Bertz CT molecular complexity index is 548. The smallest absolute Gasteiger partial charge is 0.241 e. The largest absolute Gasteiger partial charge is 0.377 e. The Hall–Kier alpha value is -0.910. The van der Waals surface area contributed by atoms with Crippen LogP contribution in [0.15, 0.2) is 23.1 Å². The first-order valence-electron chi connectivity index (χ1n) is 6.61. The molecular weight excluding hydrogens is 262 g/mol. The zero-order valence-corrected chi connectivity index (χ0v) is 12.5. The number of hydrogen-bond acceptors (Lipinski definition) is 3. The van der Waals surface area contributed by atoms with Gasteiger partial charge in [0.05, 0.1) is 11.0 Å². The molecule has 2 rings (SSSR count). The van der Waals surface area contributed by atoms with Gasteiger partial charge in [0.15, 0.2) is 0 Å². The molecule has 1 heterocycles. The number of ether oxygens (including phenoxy) is 1. The van der Waals surface area contributed by atoms with Crippen LogP contribution in [-0.2, 0) is 14.8 Å². The van der Waals surface area contributed by atoms with Gasteiger partial charge in [-0.3, -0.25) is 0 Å². The standard InChI is InChI=1S/C14H21NO3S/c1-10-6-7-11(2)14(9-10)19(16,17)15-12(3)13-5-4-8-18-13/h6-7,9,12-13,15H,4-5,8H2,1-3H3. The fourth-order valence-corrected chi connectivity index (χ4v) is 3.98. The van der Waals surface area contributed by atoms with Crippen molar-refractivity contribution in [3.63, 3.8) is 0 Å². The zero-order valence-electron chi connectivity index (χ0n) is 11.6. The monoisotopic (exact) mass is 283 g/mol. The summed E-state index contributed by atoms with van der Waals surface area (Å²) in [5, 5.41) is 0. The van der Waals surface area contributed by atoms with E-state index >= 15 is 0 Å². The summed E-state index contributed by atoms with van der Waals surface area (Å²) in [4.78, 5) is 0.359. The zero-order chi connectivity index (χ0) is 14.0. The van der Waals surface area contributed by atoms with Gasteiger partial charge in [-0.25, -0.2) is 13.1 Å². The summed E-state index contributed by atoms with van der Waals surface area (Å²) in [6.45, 7) is 6.28. The lowest BCUT2D eigenvalue weighted by atomic mass is 10.1. The van der Waals surface area contributed by atoms with Crippen molar-refractivity contribution in [3.8, 4) is 0 Å². The van der Waals surface area contributed by atoms with Crippen LogP contribution >= 0.6 is 0 Å². The molecule has 0 amide bonds. The van der Waals surface area contributed by atoms with Gasteiger partial charge in [-0.05, 0) is 50.8 Å². The van der Waals surface area contributed by atoms with E-state index in [4.69, 9.17) is 4.74 Å². The molecule has 2 atom stereocenters. The van der Waals surface area contributed by atoms with Crippen LogP contribution in [-0.4, -0.2) is 27.2 Å². The lowest BCUT2D eigenvalue weighted by molar-refractivity contribution is 0.0902. The molecule has 1 fully saturated rings. The van der Waals surface area contributed by atoms with E-state index in [1.807, 2.05) is 32.9 Å². The molecule has 106 valence electrons. The van der Waals surface area contributed by atoms with Crippen molar-refractivity contribution in [2.24, 2.45) is 0 Å². The van der Waals surface area contributed by atoms with E-state index in [2.05, 4.69) is 4.72 Å². The molecule has 0 aliphatic carbocycles. The summed E-state index contributed by atoms with van der Waals surface area (Å²) in [5.74, 6) is 0. The Balaban J connectivity index is 2.19.